The molecule has 0 amide bonds. The van der Waals surface area contributed by atoms with Crippen molar-refractivity contribution in [2.24, 2.45) is 5.73 Å². The molecule has 84 valence electrons. The first kappa shape index (κ1) is 12.2. The summed E-state index contributed by atoms with van der Waals surface area (Å²) in [7, 11) is 0. The molecule has 0 bridgehead atoms. The SMILES string of the molecule is CC(C)N(Cc1ccccc1)C[C@H](C)N. The molecule has 0 heterocycles. The summed E-state index contributed by atoms with van der Waals surface area (Å²) in [5, 5.41) is 0. The Labute approximate surface area is 93.1 Å². The molecule has 2 nitrogen and oxygen atoms in total. The first-order valence-electron chi connectivity index (χ1n) is 5.63. The minimum absolute atomic E-state index is 0.233. The number of rotatable bonds is 5. The van der Waals surface area contributed by atoms with Gasteiger partial charge in [0, 0.05) is 25.2 Å². The molecular formula is C13H22N2. The van der Waals surface area contributed by atoms with Gasteiger partial charge in [-0.25, -0.2) is 0 Å². The van der Waals surface area contributed by atoms with Gasteiger partial charge in [-0.3, -0.25) is 4.90 Å². The van der Waals surface area contributed by atoms with Crippen LogP contribution < -0.4 is 5.73 Å². The predicted molar refractivity (Wildman–Crippen MR) is 65.6 cm³/mol. The number of nitrogens with zero attached hydrogens (tertiary/aromatic N) is 1. The van der Waals surface area contributed by atoms with E-state index in [4.69, 9.17) is 5.73 Å². The fourth-order valence-electron chi connectivity index (χ4n) is 1.65. The number of hydrogen-bond donors (Lipinski definition) is 1. The van der Waals surface area contributed by atoms with E-state index in [1.165, 1.54) is 5.56 Å². The van der Waals surface area contributed by atoms with Crippen LogP contribution in [0.15, 0.2) is 30.3 Å². The molecule has 0 unspecified atom stereocenters. The Morgan fingerprint density at radius 1 is 1.13 bits per heavy atom. The summed E-state index contributed by atoms with van der Waals surface area (Å²) < 4.78 is 0. The molecular weight excluding hydrogens is 184 g/mol. The average molecular weight is 206 g/mol. The fraction of sp³-hybridized carbons (Fsp3) is 0.538. The lowest BCUT2D eigenvalue weighted by molar-refractivity contribution is 0.203. The van der Waals surface area contributed by atoms with E-state index in [2.05, 4.69) is 56.0 Å². The van der Waals surface area contributed by atoms with Gasteiger partial charge >= 0.3 is 0 Å². The highest BCUT2D eigenvalue weighted by Gasteiger charge is 2.11. The summed E-state index contributed by atoms with van der Waals surface area (Å²) in [6.45, 7) is 8.42. The van der Waals surface area contributed by atoms with E-state index in [0.717, 1.165) is 13.1 Å². The second-order valence-corrected chi connectivity index (χ2v) is 4.49. The molecule has 0 saturated heterocycles. The van der Waals surface area contributed by atoms with Gasteiger partial charge in [-0.2, -0.15) is 0 Å². The minimum atomic E-state index is 0.233. The van der Waals surface area contributed by atoms with E-state index in [1.54, 1.807) is 0 Å². The third-order valence-electron chi connectivity index (χ3n) is 2.48. The normalized spacial score (nSPS) is 13.5. The molecule has 0 aliphatic heterocycles. The summed E-state index contributed by atoms with van der Waals surface area (Å²) >= 11 is 0. The highest BCUT2D eigenvalue weighted by atomic mass is 15.2. The number of nitrogens with two attached hydrogens (primary N) is 1. The van der Waals surface area contributed by atoms with E-state index < -0.39 is 0 Å². The van der Waals surface area contributed by atoms with Crippen molar-refractivity contribution in [2.45, 2.75) is 39.4 Å². The van der Waals surface area contributed by atoms with Gasteiger partial charge in [-0.1, -0.05) is 30.3 Å². The molecule has 15 heavy (non-hydrogen) atoms. The van der Waals surface area contributed by atoms with Crippen LogP contribution >= 0.6 is 0 Å². The van der Waals surface area contributed by atoms with Crippen LogP contribution in [-0.2, 0) is 6.54 Å². The van der Waals surface area contributed by atoms with Crippen molar-refractivity contribution in [1.82, 2.24) is 4.90 Å². The third-order valence-corrected chi connectivity index (χ3v) is 2.48. The molecule has 1 rings (SSSR count). The molecule has 0 aliphatic rings. The van der Waals surface area contributed by atoms with Crippen molar-refractivity contribution < 1.29 is 0 Å². The van der Waals surface area contributed by atoms with Gasteiger partial charge in [0.05, 0.1) is 0 Å². The van der Waals surface area contributed by atoms with Crippen molar-refractivity contribution in [3.8, 4) is 0 Å². The van der Waals surface area contributed by atoms with Crippen molar-refractivity contribution in [3.05, 3.63) is 35.9 Å². The molecule has 1 atom stereocenters. The summed E-state index contributed by atoms with van der Waals surface area (Å²) in [5.74, 6) is 0. The maximum Gasteiger partial charge on any atom is 0.0237 e. The van der Waals surface area contributed by atoms with E-state index in [1.807, 2.05) is 0 Å². The Hall–Kier alpha value is -0.860. The fourth-order valence-corrected chi connectivity index (χ4v) is 1.65. The molecule has 0 aromatic heterocycles. The summed E-state index contributed by atoms with van der Waals surface area (Å²) in [6.07, 6.45) is 0. The van der Waals surface area contributed by atoms with Crippen LogP contribution in [0.4, 0.5) is 0 Å². The van der Waals surface area contributed by atoms with Crippen LogP contribution in [0.1, 0.15) is 26.3 Å². The third kappa shape index (κ3) is 4.45. The predicted octanol–water partition coefficient (Wildman–Crippen LogP) is 2.24. The lowest BCUT2D eigenvalue weighted by Crippen LogP contribution is -2.39. The van der Waals surface area contributed by atoms with Crippen LogP contribution in [-0.4, -0.2) is 23.5 Å². The maximum absolute atomic E-state index is 5.84. The molecule has 1 aromatic rings. The van der Waals surface area contributed by atoms with Crippen molar-refractivity contribution >= 4 is 0 Å². The monoisotopic (exact) mass is 206 g/mol. The molecule has 0 radical (unpaired) electrons. The van der Waals surface area contributed by atoms with E-state index in [0.29, 0.717) is 6.04 Å². The van der Waals surface area contributed by atoms with Gasteiger partial charge in [0.2, 0.25) is 0 Å². The van der Waals surface area contributed by atoms with Crippen molar-refractivity contribution in [2.75, 3.05) is 6.54 Å². The zero-order valence-electron chi connectivity index (χ0n) is 9.98. The topological polar surface area (TPSA) is 29.3 Å². The molecule has 0 fully saturated rings. The molecule has 1 aromatic carbocycles. The standard InChI is InChI=1S/C13H22N2/c1-11(2)15(9-12(3)14)10-13-7-5-4-6-8-13/h4-8,11-12H,9-10,14H2,1-3H3/t12-/m0/s1. The van der Waals surface area contributed by atoms with Crippen LogP contribution in [0.5, 0.6) is 0 Å². The molecule has 2 N–H and O–H groups in total. The lowest BCUT2D eigenvalue weighted by atomic mass is 10.1. The van der Waals surface area contributed by atoms with Crippen LogP contribution in [0.25, 0.3) is 0 Å². The van der Waals surface area contributed by atoms with E-state index >= 15 is 0 Å². The highest BCUT2D eigenvalue weighted by Crippen LogP contribution is 2.08. The first-order chi connectivity index (χ1) is 7.09. The van der Waals surface area contributed by atoms with E-state index in [9.17, 15) is 0 Å². The van der Waals surface area contributed by atoms with Crippen molar-refractivity contribution in [3.63, 3.8) is 0 Å². The second-order valence-electron chi connectivity index (χ2n) is 4.49. The largest absolute Gasteiger partial charge is 0.327 e. The minimum Gasteiger partial charge on any atom is -0.327 e. The zero-order valence-corrected chi connectivity index (χ0v) is 9.98. The highest BCUT2D eigenvalue weighted by molar-refractivity contribution is 5.14. The Balaban J connectivity index is 2.59. The Morgan fingerprint density at radius 3 is 2.20 bits per heavy atom. The van der Waals surface area contributed by atoms with Gasteiger partial charge in [0.15, 0.2) is 0 Å². The molecule has 0 spiro atoms. The second kappa shape index (κ2) is 5.89. The van der Waals surface area contributed by atoms with Crippen LogP contribution in [0, 0.1) is 0 Å². The lowest BCUT2D eigenvalue weighted by Gasteiger charge is -2.28. The van der Waals surface area contributed by atoms with E-state index in [-0.39, 0.29) is 6.04 Å². The van der Waals surface area contributed by atoms with Crippen molar-refractivity contribution in [1.29, 1.82) is 0 Å². The Morgan fingerprint density at radius 2 is 1.73 bits per heavy atom. The summed E-state index contributed by atoms with van der Waals surface area (Å²) in [4.78, 5) is 2.40. The molecule has 2 heteroatoms. The molecule has 0 aliphatic carbocycles. The summed E-state index contributed by atoms with van der Waals surface area (Å²) in [6, 6.07) is 11.3. The van der Waals surface area contributed by atoms with Gasteiger partial charge < -0.3 is 5.73 Å². The van der Waals surface area contributed by atoms with Crippen LogP contribution in [0.2, 0.25) is 0 Å². The summed E-state index contributed by atoms with van der Waals surface area (Å²) in [5.41, 5.74) is 7.20. The smallest absolute Gasteiger partial charge is 0.0237 e. The van der Waals surface area contributed by atoms with Gasteiger partial charge in [0.1, 0.15) is 0 Å². The number of hydrogen-bond acceptors (Lipinski definition) is 2. The Bertz CT molecular complexity index is 267. The number of benzene rings is 1. The molecule has 0 saturated carbocycles. The maximum atomic E-state index is 5.84. The van der Waals surface area contributed by atoms with Crippen LogP contribution in [0.3, 0.4) is 0 Å². The zero-order chi connectivity index (χ0) is 11.3. The average Bonchev–Trinajstić information content (AvgIpc) is 2.17. The van der Waals surface area contributed by atoms with Gasteiger partial charge in [-0.05, 0) is 26.3 Å². The first-order valence-corrected chi connectivity index (χ1v) is 5.63. The van der Waals surface area contributed by atoms with Gasteiger partial charge in [-0.15, -0.1) is 0 Å². The Kier molecular flexibility index (Phi) is 4.79. The quantitative estimate of drug-likeness (QED) is 0.800. The van der Waals surface area contributed by atoms with Gasteiger partial charge in [0.25, 0.3) is 0 Å².